The average molecular weight is 339 g/mol. The van der Waals surface area contributed by atoms with Gasteiger partial charge in [-0.1, -0.05) is 32.3 Å². The molecule has 1 aromatic carbocycles. The molecule has 1 saturated carbocycles. The Balaban J connectivity index is 2.06. The molecule has 0 heterocycles. The summed E-state index contributed by atoms with van der Waals surface area (Å²) in [5.41, 5.74) is 6.36. The first-order valence-electron chi connectivity index (χ1n) is 8.05. The van der Waals surface area contributed by atoms with Crippen molar-refractivity contribution in [2.75, 3.05) is 15.8 Å². The molecule has 0 unspecified atom stereocenters. The van der Waals surface area contributed by atoms with E-state index in [0.717, 1.165) is 19.3 Å². The van der Waals surface area contributed by atoms with Crippen LogP contribution in [0.25, 0.3) is 0 Å². The lowest BCUT2D eigenvalue weighted by molar-refractivity contribution is -0.122. The topological polar surface area (TPSA) is 101 Å². The van der Waals surface area contributed by atoms with Gasteiger partial charge in [0.1, 0.15) is 0 Å². The lowest BCUT2D eigenvalue weighted by Crippen LogP contribution is -2.52. The molecule has 7 heteroatoms. The predicted octanol–water partition coefficient (Wildman–Crippen LogP) is 2.44. The molecule has 4 N–H and O–H groups in total. The highest BCUT2D eigenvalue weighted by molar-refractivity contribution is 7.92. The first kappa shape index (κ1) is 17.7. The van der Waals surface area contributed by atoms with Gasteiger partial charge in [-0.15, -0.1) is 0 Å². The highest BCUT2D eigenvalue weighted by atomic mass is 32.2. The number of sulfonamides is 1. The van der Waals surface area contributed by atoms with Crippen LogP contribution in [-0.2, 0) is 14.8 Å². The average Bonchev–Trinajstić information content (AvgIpc) is 2.47. The lowest BCUT2D eigenvalue weighted by atomic mass is 9.82. The molecule has 0 aliphatic heterocycles. The van der Waals surface area contributed by atoms with Crippen molar-refractivity contribution in [2.24, 2.45) is 5.73 Å². The van der Waals surface area contributed by atoms with Crippen molar-refractivity contribution in [3.8, 4) is 0 Å². The van der Waals surface area contributed by atoms with Crippen molar-refractivity contribution < 1.29 is 13.2 Å². The van der Waals surface area contributed by atoms with Crippen LogP contribution in [-0.4, -0.2) is 25.6 Å². The van der Waals surface area contributed by atoms with Gasteiger partial charge in [0.2, 0.25) is 15.9 Å². The van der Waals surface area contributed by atoms with E-state index in [-0.39, 0.29) is 11.7 Å². The van der Waals surface area contributed by atoms with Gasteiger partial charge in [-0.2, -0.15) is 0 Å². The first-order valence-corrected chi connectivity index (χ1v) is 9.71. The number of carbonyl (C=O) groups excluding carboxylic acids is 1. The molecule has 1 amide bonds. The van der Waals surface area contributed by atoms with Crippen molar-refractivity contribution in [1.82, 2.24) is 0 Å². The SMILES string of the molecule is CCCS(=O)(=O)Nc1cccc(NC(=O)C2(N)CCCCC2)c1. The van der Waals surface area contributed by atoms with Gasteiger partial charge in [-0.05, 0) is 37.5 Å². The maximum atomic E-state index is 12.4. The van der Waals surface area contributed by atoms with Crippen molar-refractivity contribution >= 4 is 27.3 Å². The molecule has 23 heavy (non-hydrogen) atoms. The van der Waals surface area contributed by atoms with Gasteiger partial charge in [0, 0.05) is 5.69 Å². The van der Waals surface area contributed by atoms with Gasteiger partial charge in [-0.3, -0.25) is 9.52 Å². The van der Waals surface area contributed by atoms with Gasteiger partial charge in [0.15, 0.2) is 0 Å². The number of hydrogen-bond acceptors (Lipinski definition) is 4. The molecular weight excluding hydrogens is 314 g/mol. The van der Waals surface area contributed by atoms with Crippen LogP contribution >= 0.6 is 0 Å². The molecule has 0 saturated heterocycles. The Morgan fingerprint density at radius 3 is 2.52 bits per heavy atom. The third kappa shape index (κ3) is 4.94. The largest absolute Gasteiger partial charge is 0.324 e. The lowest BCUT2D eigenvalue weighted by Gasteiger charge is -2.31. The maximum absolute atomic E-state index is 12.4. The van der Waals surface area contributed by atoms with E-state index in [1.54, 1.807) is 31.2 Å². The van der Waals surface area contributed by atoms with Gasteiger partial charge in [-0.25, -0.2) is 8.42 Å². The van der Waals surface area contributed by atoms with Crippen LogP contribution in [0.2, 0.25) is 0 Å². The van der Waals surface area contributed by atoms with Gasteiger partial charge in [0.25, 0.3) is 0 Å². The summed E-state index contributed by atoms with van der Waals surface area (Å²) in [6.45, 7) is 1.81. The van der Waals surface area contributed by atoms with Crippen molar-refractivity contribution in [3.05, 3.63) is 24.3 Å². The summed E-state index contributed by atoms with van der Waals surface area (Å²) < 4.78 is 26.1. The van der Waals surface area contributed by atoms with Gasteiger partial charge in [0.05, 0.1) is 17.0 Å². The highest BCUT2D eigenvalue weighted by Gasteiger charge is 2.35. The monoisotopic (exact) mass is 339 g/mol. The Kier molecular flexibility index (Phi) is 5.64. The molecule has 0 radical (unpaired) electrons. The van der Waals surface area contributed by atoms with Crippen LogP contribution in [0.4, 0.5) is 11.4 Å². The van der Waals surface area contributed by atoms with Crippen molar-refractivity contribution in [2.45, 2.75) is 51.0 Å². The second kappa shape index (κ2) is 7.31. The second-order valence-corrected chi connectivity index (χ2v) is 8.01. The van der Waals surface area contributed by atoms with Crippen LogP contribution in [0.5, 0.6) is 0 Å². The number of anilines is 2. The van der Waals surface area contributed by atoms with E-state index in [9.17, 15) is 13.2 Å². The van der Waals surface area contributed by atoms with Crippen LogP contribution in [0, 0.1) is 0 Å². The van der Waals surface area contributed by atoms with Gasteiger partial charge >= 0.3 is 0 Å². The molecule has 1 aliphatic rings. The minimum Gasteiger partial charge on any atom is -0.324 e. The number of carbonyl (C=O) groups is 1. The predicted molar refractivity (Wildman–Crippen MR) is 92.8 cm³/mol. The number of rotatable bonds is 6. The fourth-order valence-corrected chi connectivity index (χ4v) is 3.95. The highest BCUT2D eigenvalue weighted by Crippen LogP contribution is 2.27. The zero-order valence-electron chi connectivity index (χ0n) is 13.5. The molecule has 1 fully saturated rings. The maximum Gasteiger partial charge on any atom is 0.244 e. The smallest absolute Gasteiger partial charge is 0.244 e. The Bertz CT molecular complexity index is 652. The van der Waals surface area contributed by atoms with E-state index in [0.29, 0.717) is 30.6 Å². The zero-order valence-corrected chi connectivity index (χ0v) is 14.3. The molecule has 128 valence electrons. The normalized spacial score (nSPS) is 17.5. The van der Waals surface area contributed by atoms with Crippen LogP contribution < -0.4 is 15.8 Å². The Hall–Kier alpha value is -1.60. The zero-order chi connectivity index (χ0) is 16.9. The van der Waals surface area contributed by atoms with Crippen LogP contribution in [0.15, 0.2) is 24.3 Å². The quantitative estimate of drug-likeness (QED) is 0.741. The summed E-state index contributed by atoms with van der Waals surface area (Å²) >= 11 is 0. The standard InChI is InChI=1S/C16H25N3O3S/c1-2-11-23(21,22)19-14-8-6-7-13(12-14)18-15(20)16(17)9-4-3-5-10-16/h6-8,12,19H,2-5,9-11,17H2,1H3,(H,18,20). The molecule has 1 aromatic rings. The van der Waals surface area contributed by atoms with E-state index in [1.165, 1.54) is 0 Å². The summed E-state index contributed by atoms with van der Waals surface area (Å²) in [7, 11) is -3.35. The van der Waals surface area contributed by atoms with E-state index < -0.39 is 15.6 Å². The van der Waals surface area contributed by atoms with Crippen LogP contribution in [0.3, 0.4) is 0 Å². The van der Waals surface area contributed by atoms with Crippen LogP contribution in [0.1, 0.15) is 45.4 Å². The summed E-state index contributed by atoms with van der Waals surface area (Å²) in [4.78, 5) is 12.4. The number of amides is 1. The number of nitrogens with two attached hydrogens (primary N) is 1. The second-order valence-electron chi connectivity index (χ2n) is 6.17. The van der Waals surface area contributed by atoms with E-state index in [2.05, 4.69) is 10.0 Å². The molecule has 0 spiro atoms. The van der Waals surface area contributed by atoms with E-state index in [1.807, 2.05) is 0 Å². The summed E-state index contributed by atoms with van der Waals surface area (Å²) in [6.07, 6.45) is 4.94. The molecule has 1 aliphatic carbocycles. The number of hydrogen-bond donors (Lipinski definition) is 3. The molecule has 0 aromatic heterocycles. The third-order valence-electron chi connectivity index (χ3n) is 4.06. The fourth-order valence-electron chi connectivity index (χ4n) is 2.83. The van der Waals surface area contributed by atoms with Gasteiger partial charge < -0.3 is 11.1 Å². The Labute approximate surface area is 137 Å². The first-order chi connectivity index (χ1) is 10.8. The summed E-state index contributed by atoms with van der Waals surface area (Å²) in [5.74, 6) is -0.138. The number of nitrogens with one attached hydrogen (secondary N) is 2. The minimum absolute atomic E-state index is 0.0650. The summed E-state index contributed by atoms with van der Waals surface area (Å²) in [5, 5.41) is 2.81. The van der Waals surface area contributed by atoms with E-state index >= 15 is 0 Å². The minimum atomic E-state index is -3.35. The van der Waals surface area contributed by atoms with E-state index in [4.69, 9.17) is 5.73 Å². The molecule has 0 atom stereocenters. The summed E-state index contributed by atoms with van der Waals surface area (Å²) in [6, 6.07) is 6.68. The molecule has 6 nitrogen and oxygen atoms in total. The van der Waals surface area contributed by atoms with Crippen molar-refractivity contribution in [3.63, 3.8) is 0 Å². The molecule has 2 rings (SSSR count). The molecule has 0 bridgehead atoms. The number of benzene rings is 1. The Morgan fingerprint density at radius 2 is 1.87 bits per heavy atom. The fraction of sp³-hybridized carbons (Fsp3) is 0.562. The molecular formula is C16H25N3O3S. The van der Waals surface area contributed by atoms with Crippen molar-refractivity contribution in [1.29, 1.82) is 0 Å². The Morgan fingerprint density at radius 1 is 1.22 bits per heavy atom. The third-order valence-corrected chi connectivity index (χ3v) is 5.56.